The Morgan fingerprint density at radius 3 is 2.89 bits per heavy atom. The van der Waals surface area contributed by atoms with Gasteiger partial charge in [-0.25, -0.2) is 0 Å². The summed E-state index contributed by atoms with van der Waals surface area (Å²) in [5.74, 6) is 4.65. The van der Waals surface area contributed by atoms with Crippen LogP contribution in [-0.4, -0.2) is 14.2 Å². The minimum Gasteiger partial charge on any atom is -0.462 e. The number of furan rings is 1. The van der Waals surface area contributed by atoms with Crippen LogP contribution in [0.1, 0.15) is 43.2 Å². The first-order chi connectivity index (χ1) is 8.81. The molecular weight excluding hydrogens is 226 g/mol. The van der Waals surface area contributed by atoms with Crippen molar-refractivity contribution >= 4 is 0 Å². The largest absolute Gasteiger partial charge is 0.462 e. The first kappa shape index (κ1) is 12.2. The van der Waals surface area contributed by atoms with Gasteiger partial charge in [0.05, 0.1) is 6.04 Å². The molecular formula is C15H23NO2. The van der Waals surface area contributed by atoms with E-state index in [1.165, 1.54) is 25.7 Å². The van der Waals surface area contributed by atoms with Crippen LogP contribution in [0.15, 0.2) is 16.5 Å². The van der Waals surface area contributed by atoms with Crippen LogP contribution in [-0.2, 0) is 11.3 Å². The second-order valence-corrected chi connectivity index (χ2v) is 5.84. The highest BCUT2D eigenvalue weighted by molar-refractivity contribution is 5.13. The molecule has 3 heteroatoms. The lowest BCUT2D eigenvalue weighted by Crippen LogP contribution is -2.28. The monoisotopic (exact) mass is 249 g/mol. The van der Waals surface area contributed by atoms with Gasteiger partial charge in [0.2, 0.25) is 0 Å². The van der Waals surface area contributed by atoms with E-state index in [0.29, 0.717) is 12.6 Å². The van der Waals surface area contributed by atoms with Crippen molar-refractivity contribution < 1.29 is 9.15 Å². The van der Waals surface area contributed by atoms with Gasteiger partial charge in [0, 0.05) is 7.11 Å². The maximum atomic E-state index is 5.91. The Labute approximate surface area is 109 Å². The normalized spacial score (nSPS) is 32.0. The minimum absolute atomic E-state index is 0.380. The van der Waals surface area contributed by atoms with E-state index >= 15 is 0 Å². The van der Waals surface area contributed by atoms with Crippen LogP contribution in [0, 0.1) is 17.8 Å². The lowest BCUT2D eigenvalue weighted by Gasteiger charge is -2.28. The Hall–Kier alpha value is -0.800. The molecule has 0 spiro atoms. The zero-order valence-corrected chi connectivity index (χ0v) is 11.3. The average molecular weight is 249 g/mol. The molecule has 2 aliphatic rings. The summed E-state index contributed by atoms with van der Waals surface area (Å²) in [5, 5.41) is 3.47. The van der Waals surface area contributed by atoms with Crippen LogP contribution >= 0.6 is 0 Å². The Morgan fingerprint density at radius 2 is 2.28 bits per heavy atom. The molecule has 0 aliphatic heterocycles. The zero-order valence-electron chi connectivity index (χ0n) is 11.3. The van der Waals surface area contributed by atoms with Gasteiger partial charge in [-0.3, -0.25) is 0 Å². The molecule has 2 aliphatic carbocycles. The van der Waals surface area contributed by atoms with E-state index < -0.39 is 0 Å². The second-order valence-electron chi connectivity index (χ2n) is 5.84. The molecule has 0 aromatic carbocycles. The zero-order chi connectivity index (χ0) is 12.5. The summed E-state index contributed by atoms with van der Waals surface area (Å²) in [5.41, 5.74) is 0. The van der Waals surface area contributed by atoms with E-state index in [9.17, 15) is 0 Å². The SMILES string of the molecule is CNC(c1ccc(COC)o1)C1CC2CCC1C2. The molecule has 1 aromatic heterocycles. The summed E-state index contributed by atoms with van der Waals surface area (Å²) in [6.07, 6.45) is 5.68. The molecule has 100 valence electrons. The first-order valence-corrected chi connectivity index (χ1v) is 7.06. The third kappa shape index (κ3) is 2.10. The second kappa shape index (κ2) is 5.06. The topological polar surface area (TPSA) is 34.4 Å². The van der Waals surface area contributed by atoms with Crippen molar-refractivity contribution in [3.8, 4) is 0 Å². The van der Waals surface area contributed by atoms with E-state index in [-0.39, 0.29) is 0 Å². The van der Waals surface area contributed by atoms with Crippen LogP contribution in [0.4, 0.5) is 0 Å². The highest BCUT2D eigenvalue weighted by Crippen LogP contribution is 2.52. The van der Waals surface area contributed by atoms with Crippen molar-refractivity contribution in [1.29, 1.82) is 0 Å². The van der Waals surface area contributed by atoms with Crippen molar-refractivity contribution in [1.82, 2.24) is 5.32 Å². The average Bonchev–Trinajstić information content (AvgIpc) is 3.07. The summed E-state index contributed by atoms with van der Waals surface area (Å²) in [4.78, 5) is 0. The van der Waals surface area contributed by atoms with Gasteiger partial charge in [0.1, 0.15) is 18.1 Å². The Bertz CT molecular complexity index is 401. The number of methoxy groups -OCH3 is 1. The highest BCUT2D eigenvalue weighted by Gasteiger charge is 2.43. The predicted octanol–water partition coefficient (Wildman–Crippen LogP) is 3.12. The summed E-state index contributed by atoms with van der Waals surface area (Å²) >= 11 is 0. The molecule has 18 heavy (non-hydrogen) atoms. The summed E-state index contributed by atoms with van der Waals surface area (Å²) in [7, 11) is 3.75. The third-order valence-corrected chi connectivity index (χ3v) is 4.81. The van der Waals surface area contributed by atoms with Gasteiger partial charge in [-0.15, -0.1) is 0 Å². The first-order valence-electron chi connectivity index (χ1n) is 7.06. The highest BCUT2D eigenvalue weighted by atomic mass is 16.5. The van der Waals surface area contributed by atoms with Crippen LogP contribution < -0.4 is 5.32 Å². The molecule has 1 heterocycles. The maximum absolute atomic E-state index is 5.91. The molecule has 2 fully saturated rings. The Morgan fingerprint density at radius 1 is 1.39 bits per heavy atom. The standard InChI is InChI=1S/C15H23NO2/c1-16-15(13-8-10-3-4-11(13)7-10)14-6-5-12(18-14)9-17-2/h5-6,10-11,13,15-16H,3-4,7-9H2,1-2H3. The van der Waals surface area contributed by atoms with Gasteiger partial charge < -0.3 is 14.5 Å². The van der Waals surface area contributed by atoms with E-state index in [1.54, 1.807) is 7.11 Å². The molecule has 3 nitrogen and oxygen atoms in total. The number of nitrogens with one attached hydrogen (secondary N) is 1. The van der Waals surface area contributed by atoms with Crippen molar-refractivity contribution in [3.63, 3.8) is 0 Å². The smallest absolute Gasteiger partial charge is 0.129 e. The summed E-state index contributed by atoms with van der Waals surface area (Å²) in [6.45, 7) is 0.563. The van der Waals surface area contributed by atoms with Crippen molar-refractivity contribution in [2.24, 2.45) is 17.8 Å². The van der Waals surface area contributed by atoms with Gasteiger partial charge in [0.15, 0.2) is 0 Å². The molecule has 0 amide bonds. The van der Waals surface area contributed by atoms with Crippen LogP contribution in [0.5, 0.6) is 0 Å². The fraction of sp³-hybridized carbons (Fsp3) is 0.733. The fourth-order valence-corrected chi connectivity index (χ4v) is 4.05. The van der Waals surface area contributed by atoms with Crippen molar-refractivity contribution in [2.45, 2.75) is 38.3 Å². The molecule has 0 saturated heterocycles. The molecule has 4 atom stereocenters. The fourth-order valence-electron chi connectivity index (χ4n) is 4.05. The molecule has 0 radical (unpaired) electrons. The molecule has 4 unspecified atom stereocenters. The number of rotatable bonds is 5. The lowest BCUT2D eigenvalue weighted by molar-refractivity contribution is 0.157. The lowest BCUT2D eigenvalue weighted by atomic mass is 9.82. The Kier molecular flexibility index (Phi) is 3.44. The molecule has 1 N–H and O–H groups in total. The Balaban J connectivity index is 1.75. The molecule has 3 rings (SSSR count). The van der Waals surface area contributed by atoms with E-state index in [1.807, 2.05) is 6.07 Å². The van der Waals surface area contributed by atoms with Crippen molar-refractivity contribution in [3.05, 3.63) is 23.7 Å². The predicted molar refractivity (Wildman–Crippen MR) is 70.2 cm³/mol. The summed E-state index contributed by atoms with van der Waals surface area (Å²) in [6, 6.07) is 4.53. The molecule has 2 bridgehead atoms. The van der Waals surface area contributed by atoms with Crippen LogP contribution in [0.3, 0.4) is 0 Å². The molecule has 1 aromatic rings. The number of hydrogen-bond acceptors (Lipinski definition) is 3. The minimum atomic E-state index is 0.380. The van der Waals surface area contributed by atoms with Gasteiger partial charge in [-0.2, -0.15) is 0 Å². The van der Waals surface area contributed by atoms with Gasteiger partial charge >= 0.3 is 0 Å². The van der Waals surface area contributed by atoms with Crippen LogP contribution in [0.2, 0.25) is 0 Å². The number of ether oxygens (including phenoxy) is 1. The summed E-state index contributed by atoms with van der Waals surface area (Å²) < 4.78 is 11.0. The van der Waals surface area contributed by atoms with Gasteiger partial charge in [-0.05, 0) is 56.2 Å². The van der Waals surface area contributed by atoms with E-state index in [4.69, 9.17) is 9.15 Å². The van der Waals surface area contributed by atoms with Gasteiger partial charge in [0.25, 0.3) is 0 Å². The van der Waals surface area contributed by atoms with E-state index in [0.717, 1.165) is 29.3 Å². The van der Waals surface area contributed by atoms with Gasteiger partial charge in [-0.1, -0.05) is 6.42 Å². The number of hydrogen-bond donors (Lipinski definition) is 1. The number of fused-ring (bicyclic) bond motifs is 2. The van der Waals surface area contributed by atoms with Crippen LogP contribution in [0.25, 0.3) is 0 Å². The third-order valence-electron chi connectivity index (χ3n) is 4.81. The maximum Gasteiger partial charge on any atom is 0.129 e. The quantitative estimate of drug-likeness (QED) is 0.870. The van der Waals surface area contributed by atoms with E-state index in [2.05, 4.69) is 18.4 Å². The van der Waals surface area contributed by atoms with Crippen molar-refractivity contribution in [2.75, 3.05) is 14.2 Å². The molecule has 2 saturated carbocycles.